The predicted molar refractivity (Wildman–Crippen MR) is 56.2 cm³/mol. The normalized spacial score (nSPS) is 12.2. The van der Waals surface area contributed by atoms with Crippen LogP contribution in [0, 0.1) is 0 Å². The van der Waals surface area contributed by atoms with Crippen molar-refractivity contribution in [2.75, 3.05) is 20.1 Å². The van der Waals surface area contributed by atoms with Crippen LogP contribution < -0.4 is 11.5 Å². The zero-order chi connectivity index (χ0) is 11.8. The molecule has 1 amide bonds. The van der Waals surface area contributed by atoms with Gasteiger partial charge in [-0.25, -0.2) is 0 Å². The summed E-state index contributed by atoms with van der Waals surface area (Å²) < 4.78 is 0. The smallest absolute Gasteiger partial charge is 0.323 e. The summed E-state index contributed by atoms with van der Waals surface area (Å²) in [6.45, 7) is 0.259. The van der Waals surface area contributed by atoms with Gasteiger partial charge in [-0.1, -0.05) is 6.42 Å². The number of likely N-dealkylation sites (N-methyl/N-ethyl adjacent to an activating group) is 1. The van der Waals surface area contributed by atoms with Gasteiger partial charge in [0.1, 0.15) is 6.54 Å². The molecule has 0 unspecified atom stereocenters. The Morgan fingerprint density at radius 1 is 1.40 bits per heavy atom. The molecule has 0 aromatic heterocycles. The first-order valence-electron chi connectivity index (χ1n) is 4.91. The van der Waals surface area contributed by atoms with Gasteiger partial charge in [-0.2, -0.15) is 0 Å². The molecule has 0 fully saturated rings. The van der Waals surface area contributed by atoms with Gasteiger partial charge in [0.25, 0.3) is 0 Å². The maximum absolute atomic E-state index is 11.5. The van der Waals surface area contributed by atoms with Crippen LogP contribution in [0.2, 0.25) is 0 Å². The molecule has 0 bridgehead atoms. The lowest BCUT2D eigenvalue weighted by atomic mass is 10.1. The zero-order valence-corrected chi connectivity index (χ0v) is 8.98. The van der Waals surface area contributed by atoms with Gasteiger partial charge in [-0.05, 0) is 19.4 Å². The monoisotopic (exact) mass is 217 g/mol. The Morgan fingerprint density at radius 2 is 2.00 bits per heavy atom. The Labute approximate surface area is 89.2 Å². The first-order chi connectivity index (χ1) is 6.99. The SMILES string of the molecule is CN(CC(=O)O)C(=O)[C@@H](N)CCCCN. The summed E-state index contributed by atoms with van der Waals surface area (Å²) in [7, 11) is 1.43. The van der Waals surface area contributed by atoms with E-state index in [1.54, 1.807) is 0 Å². The second kappa shape index (κ2) is 7.19. The van der Waals surface area contributed by atoms with Crippen molar-refractivity contribution in [1.82, 2.24) is 4.90 Å². The number of hydrogen-bond acceptors (Lipinski definition) is 4. The maximum Gasteiger partial charge on any atom is 0.323 e. The molecule has 0 aliphatic carbocycles. The third-order valence-corrected chi connectivity index (χ3v) is 2.04. The fourth-order valence-electron chi connectivity index (χ4n) is 1.20. The van der Waals surface area contributed by atoms with Crippen molar-refractivity contribution in [3.05, 3.63) is 0 Å². The summed E-state index contributed by atoms with van der Waals surface area (Å²) in [6.07, 6.45) is 2.15. The topological polar surface area (TPSA) is 110 Å². The van der Waals surface area contributed by atoms with E-state index in [1.165, 1.54) is 7.05 Å². The molecule has 0 aliphatic heterocycles. The van der Waals surface area contributed by atoms with Gasteiger partial charge in [0.05, 0.1) is 6.04 Å². The number of carboxylic acid groups (broad SMARTS) is 1. The van der Waals surface area contributed by atoms with Crippen LogP contribution in [0.15, 0.2) is 0 Å². The number of rotatable bonds is 7. The van der Waals surface area contributed by atoms with Gasteiger partial charge in [-0.3, -0.25) is 9.59 Å². The molecule has 0 rings (SSSR count). The molecule has 0 radical (unpaired) electrons. The van der Waals surface area contributed by atoms with Gasteiger partial charge < -0.3 is 21.5 Å². The van der Waals surface area contributed by atoms with E-state index in [2.05, 4.69) is 0 Å². The van der Waals surface area contributed by atoms with E-state index >= 15 is 0 Å². The molecule has 0 saturated heterocycles. The van der Waals surface area contributed by atoms with Gasteiger partial charge in [0.2, 0.25) is 5.91 Å². The number of hydrogen-bond donors (Lipinski definition) is 3. The molecule has 0 aromatic rings. The van der Waals surface area contributed by atoms with Crippen molar-refractivity contribution in [2.24, 2.45) is 11.5 Å². The van der Waals surface area contributed by atoms with Crippen LogP contribution in [0.5, 0.6) is 0 Å². The lowest BCUT2D eigenvalue weighted by Gasteiger charge is -2.19. The highest BCUT2D eigenvalue weighted by molar-refractivity contribution is 5.84. The number of carbonyl (C=O) groups is 2. The van der Waals surface area contributed by atoms with E-state index < -0.39 is 12.0 Å². The van der Waals surface area contributed by atoms with Crippen molar-refractivity contribution in [3.63, 3.8) is 0 Å². The van der Waals surface area contributed by atoms with Crippen molar-refractivity contribution in [1.29, 1.82) is 0 Å². The molecule has 1 atom stereocenters. The first kappa shape index (κ1) is 13.9. The third kappa shape index (κ3) is 6.03. The molecule has 0 heterocycles. The molecular formula is C9H19N3O3. The van der Waals surface area contributed by atoms with Crippen molar-refractivity contribution in [3.8, 4) is 0 Å². The summed E-state index contributed by atoms with van der Waals surface area (Å²) in [5.41, 5.74) is 10.9. The van der Waals surface area contributed by atoms with Crippen LogP contribution in [0.25, 0.3) is 0 Å². The predicted octanol–water partition coefficient (Wildman–Crippen LogP) is -1.01. The Balaban J connectivity index is 3.90. The molecule has 5 N–H and O–H groups in total. The van der Waals surface area contributed by atoms with Crippen LogP contribution in [0.4, 0.5) is 0 Å². The minimum atomic E-state index is -1.04. The van der Waals surface area contributed by atoms with E-state index in [0.29, 0.717) is 13.0 Å². The highest BCUT2D eigenvalue weighted by Crippen LogP contribution is 2.01. The van der Waals surface area contributed by atoms with Crippen molar-refractivity contribution < 1.29 is 14.7 Å². The van der Waals surface area contributed by atoms with Crippen LogP contribution in [-0.2, 0) is 9.59 Å². The van der Waals surface area contributed by atoms with Crippen LogP contribution in [-0.4, -0.2) is 48.1 Å². The summed E-state index contributed by atoms with van der Waals surface area (Å²) in [5.74, 6) is -1.38. The molecule has 0 spiro atoms. The van der Waals surface area contributed by atoms with E-state index in [9.17, 15) is 9.59 Å². The number of carbonyl (C=O) groups excluding carboxylic acids is 1. The number of aliphatic carboxylic acids is 1. The molecule has 0 saturated carbocycles. The van der Waals surface area contributed by atoms with Gasteiger partial charge in [0.15, 0.2) is 0 Å². The fraction of sp³-hybridized carbons (Fsp3) is 0.778. The second-order valence-electron chi connectivity index (χ2n) is 3.48. The maximum atomic E-state index is 11.5. The third-order valence-electron chi connectivity index (χ3n) is 2.04. The standard InChI is InChI=1S/C9H19N3O3/c1-12(6-8(13)14)9(15)7(11)4-2-3-5-10/h7H,2-6,10-11H2,1H3,(H,13,14)/t7-/m0/s1. The number of unbranched alkanes of at least 4 members (excludes halogenated alkanes) is 1. The number of carboxylic acids is 1. The van der Waals surface area contributed by atoms with Crippen LogP contribution >= 0.6 is 0 Å². The number of nitrogens with zero attached hydrogens (tertiary/aromatic N) is 1. The minimum Gasteiger partial charge on any atom is -0.480 e. The van der Waals surface area contributed by atoms with Crippen LogP contribution in [0.3, 0.4) is 0 Å². The van der Waals surface area contributed by atoms with E-state index in [1.807, 2.05) is 0 Å². The molecule has 0 aromatic carbocycles. The first-order valence-corrected chi connectivity index (χ1v) is 4.91. The average Bonchev–Trinajstić information content (AvgIpc) is 2.15. The summed E-state index contributed by atoms with van der Waals surface area (Å²) in [4.78, 5) is 22.9. The average molecular weight is 217 g/mol. The summed E-state index contributed by atoms with van der Waals surface area (Å²) >= 11 is 0. The summed E-state index contributed by atoms with van der Waals surface area (Å²) in [6, 6.07) is -0.624. The minimum absolute atomic E-state index is 0.316. The van der Waals surface area contributed by atoms with Crippen molar-refractivity contribution >= 4 is 11.9 Å². The molecular weight excluding hydrogens is 198 g/mol. The lowest BCUT2D eigenvalue weighted by Crippen LogP contribution is -2.43. The number of nitrogens with two attached hydrogens (primary N) is 2. The highest BCUT2D eigenvalue weighted by atomic mass is 16.4. The quantitative estimate of drug-likeness (QED) is 0.473. The molecule has 15 heavy (non-hydrogen) atoms. The van der Waals surface area contributed by atoms with E-state index in [4.69, 9.17) is 16.6 Å². The largest absolute Gasteiger partial charge is 0.480 e. The summed E-state index contributed by atoms with van der Waals surface area (Å²) in [5, 5.41) is 8.48. The highest BCUT2D eigenvalue weighted by Gasteiger charge is 2.18. The lowest BCUT2D eigenvalue weighted by molar-refractivity contribution is -0.144. The van der Waals surface area contributed by atoms with Gasteiger partial charge >= 0.3 is 5.97 Å². The Bertz CT molecular complexity index is 221. The Morgan fingerprint density at radius 3 is 2.47 bits per heavy atom. The Hall–Kier alpha value is -1.14. The second-order valence-corrected chi connectivity index (χ2v) is 3.48. The van der Waals surface area contributed by atoms with Crippen molar-refractivity contribution in [2.45, 2.75) is 25.3 Å². The molecule has 6 heteroatoms. The van der Waals surface area contributed by atoms with Gasteiger partial charge in [-0.15, -0.1) is 0 Å². The fourth-order valence-corrected chi connectivity index (χ4v) is 1.20. The van der Waals surface area contributed by atoms with E-state index in [0.717, 1.165) is 17.7 Å². The zero-order valence-electron chi connectivity index (χ0n) is 8.98. The van der Waals surface area contributed by atoms with E-state index in [-0.39, 0.29) is 12.5 Å². The molecule has 0 aliphatic rings. The van der Waals surface area contributed by atoms with Crippen LogP contribution in [0.1, 0.15) is 19.3 Å². The Kier molecular flexibility index (Phi) is 6.64. The molecule has 6 nitrogen and oxygen atoms in total. The molecule has 88 valence electrons. The number of amides is 1. The van der Waals surface area contributed by atoms with Gasteiger partial charge in [0, 0.05) is 7.05 Å².